The topological polar surface area (TPSA) is 137 Å². The van der Waals surface area contributed by atoms with Gasteiger partial charge in [-0.3, -0.25) is 10.1 Å². The molecule has 170 valence electrons. The van der Waals surface area contributed by atoms with Crippen LogP contribution in [0.2, 0.25) is 0 Å². The summed E-state index contributed by atoms with van der Waals surface area (Å²) in [6.45, 7) is 0.377. The average molecular weight is 451 g/mol. The SMILES string of the molecule is COC(=O)c1cc(Nc2ncnc(N(C)Cc3ccccc3)c2[N+](=O)[O-])cc(C(=O)OC)c1. The molecule has 0 spiro atoms. The van der Waals surface area contributed by atoms with E-state index in [4.69, 9.17) is 9.47 Å². The second-order valence-electron chi connectivity index (χ2n) is 6.90. The molecule has 3 aromatic rings. The lowest BCUT2D eigenvalue weighted by atomic mass is 10.1. The predicted molar refractivity (Wildman–Crippen MR) is 120 cm³/mol. The summed E-state index contributed by atoms with van der Waals surface area (Å²) < 4.78 is 9.44. The molecule has 0 bridgehead atoms. The van der Waals surface area contributed by atoms with Gasteiger partial charge in [0, 0.05) is 19.3 Å². The summed E-state index contributed by atoms with van der Waals surface area (Å²) in [5, 5.41) is 14.8. The zero-order chi connectivity index (χ0) is 24.0. The minimum atomic E-state index is -0.690. The van der Waals surface area contributed by atoms with Crippen LogP contribution in [0, 0.1) is 10.1 Å². The van der Waals surface area contributed by atoms with E-state index >= 15 is 0 Å². The summed E-state index contributed by atoms with van der Waals surface area (Å²) in [6.07, 6.45) is 1.19. The molecule has 1 heterocycles. The number of benzene rings is 2. The number of ether oxygens (including phenoxy) is 2. The fraction of sp³-hybridized carbons (Fsp3) is 0.182. The van der Waals surface area contributed by atoms with Gasteiger partial charge in [0.25, 0.3) is 0 Å². The molecule has 0 aliphatic heterocycles. The van der Waals surface area contributed by atoms with Crippen molar-refractivity contribution in [3.05, 3.63) is 81.7 Å². The molecule has 0 atom stereocenters. The van der Waals surface area contributed by atoms with Gasteiger partial charge < -0.3 is 19.7 Å². The van der Waals surface area contributed by atoms with Gasteiger partial charge in [0.2, 0.25) is 11.6 Å². The number of methoxy groups -OCH3 is 2. The summed E-state index contributed by atoms with van der Waals surface area (Å²) in [7, 11) is 4.08. The molecule has 11 heteroatoms. The normalized spacial score (nSPS) is 10.3. The molecule has 3 rings (SSSR count). The van der Waals surface area contributed by atoms with Crippen molar-refractivity contribution in [1.82, 2.24) is 9.97 Å². The number of aromatic nitrogens is 2. The lowest BCUT2D eigenvalue weighted by molar-refractivity contribution is -0.383. The predicted octanol–water partition coefficient (Wildman–Crippen LogP) is 3.34. The van der Waals surface area contributed by atoms with Crippen LogP contribution in [-0.2, 0) is 16.0 Å². The van der Waals surface area contributed by atoms with Crippen LogP contribution < -0.4 is 10.2 Å². The van der Waals surface area contributed by atoms with Crippen LogP contribution in [0.5, 0.6) is 0 Å². The second kappa shape index (κ2) is 10.2. The summed E-state index contributed by atoms with van der Waals surface area (Å²) in [5.41, 5.74) is 0.897. The molecule has 1 N–H and O–H groups in total. The zero-order valence-corrected chi connectivity index (χ0v) is 18.1. The number of rotatable bonds is 8. The Hall–Kier alpha value is -4.54. The van der Waals surface area contributed by atoms with Gasteiger partial charge in [-0.15, -0.1) is 0 Å². The molecule has 0 unspecified atom stereocenters. The lowest BCUT2D eigenvalue weighted by Gasteiger charge is -2.19. The van der Waals surface area contributed by atoms with E-state index in [9.17, 15) is 19.7 Å². The van der Waals surface area contributed by atoms with E-state index in [1.165, 1.54) is 38.7 Å². The number of carbonyl (C=O) groups is 2. The molecule has 0 aliphatic rings. The Bertz CT molecular complexity index is 1150. The van der Waals surface area contributed by atoms with Crippen molar-refractivity contribution in [2.24, 2.45) is 0 Å². The van der Waals surface area contributed by atoms with Crippen LogP contribution in [0.25, 0.3) is 0 Å². The van der Waals surface area contributed by atoms with Gasteiger partial charge in [0.15, 0.2) is 0 Å². The standard InChI is InChI=1S/C22H21N5O6/c1-26(12-14-7-5-4-6-8-14)20-18(27(30)31)19(23-13-24-20)25-17-10-15(21(28)32-2)9-16(11-17)22(29)33-3/h4-11,13H,12H2,1-3H3,(H,23,24,25). The molecule has 11 nitrogen and oxygen atoms in total. The summed E-state index contributed by atoms with van der Waals surface area (Å²) >= 11 is 0. The zero-order valence-electron chi connectivity index (χ0n) is 18.1. The van der Waals surface area contributed by atoms with Crippen LogP contribution in [0.3, 0.4) is 0 Å². The first kappa shape index (κ1) is 23.1. The Kier molecular flexibility index (Phi) is 7.13. The molecule has 1 aromatic heterocycles. The number of nitro groups is 1. The third-order valence-corrected chi connectivity index (χ3v) is 4.65. The number of nitrogens with zero attached hydrogens (tertiary/aromatic N) is 4. The number of hydrogen-bond acceptors (Lipinski definition) is 10. The quantitative estimate of drug-likeness (QED) is 0.308. The highest BCUT2D eigenvalue weighted by Gasteiger charge is 2.26. The molecule has 0 fully saturated rings. The van der Waals surface area contributed by atoms with E-state index in [-0.39, 0.29) is 34.1 Å². The van der Waals surface area contributed by atoms with Gasteiger partial charge in [-0.1, -0.05) is 30.3 Å². The Morgan fingerprint density at radius 2 is 1.64 bits per heavy atom. The average Bonchev–Trinajstić information content (AvgIpc) is 2.83. The number of hydrogen-bond donors (Lipinski definition) is 1. The maximum absolute atomic E-state index is 12.0. The lowest BCUT2D eigenvalue weighted by Crippen LogP contribution is -2.20. The van der Waals surface area contributed by atoms with Crippen molar-refractivity contribution < 1.29 is 24.0 Å². The summed E-state index contributed by atoms with van der Waals surface area (Å²) in [5.74, 6) is -1.39. The molecular formula is C22H21N5O6. The molecule has 0 aliphatic carbocycles. The third kappa shape index (κ3) is 5.39. The van der Waals surface area contributed by atoms with Gasteiger partial charge in [0.1, 0.15) is 6.33 Å². The molecule has 0 saturated heterocycles. The molecule has 0 amide bonds. The molecular weight excluding hydrogens is 430 g/mol. The van der Waals surface area contributed by atoms with Crippen LogP contribution in [-0.4, -0.2) is 48.1 Å². The highest BCUT2D eigenvalue weighted by atomic mass is 16.6. The van der Waals surface area contributed by atoms with Crippen molar-refractivity contribution in [2.45, 2.75) is 6.54 Å². The van der Waals surface area contributed by atoms with E-state index in [1.807, 2.05) is 30.3 Å². The fourth-order valence-corrected chi connectivity index (χ4v) is 3.15. The molecule has 2 aromatic carbocycles. The number of nitrogens with one attached hydrogen (secondary N) is 1. The Morgan fingerprint density at radius 3 is 2.18 bits per heavy atom. The summed E-state index contributed by atoms with van der Waals surface area (Å²) in [4.78, 5) is 45.2. The first-order chi connectivity index (χ1) is 15.8. The van der Waals surface area contributed by atoms with Crippen molar-refractivity contribution in [3.63, 3.8) is 0 Å². The molecule has 0 saturated carbocycles. The van der Waals surface area contributed by atoms with Gasteiger partial charge in [-0.05, 0) is 23.8 Å². The maximum atomic E-state index is 12.0. The third-order valence-electron chi connectivity index (χ3n) is 4.65. The van der Waals surface area contributed by atoms with Crippen molar-refractivity contribution >= 4 is 34.9 Å². The molecule has 0 radical (unpaired) electrons. The van der Waals surface area contributed by atoms with E-state index < -0.39 is 16.9 Å². The first-order valence-corrected chi connectivity index (χ1v) is 9.67. The van der Waals surface area contributed by atoms with Crippen molar-refractivity contribution in [3.8, 4) is 0 Å². The van der Waals surface area contributed by atoms with Crippen LogP contribution in [0.15, 0.2) is 54.9 Å². The van der Waals surface area contributed by atoms with Gasteiger partial charge >= 0.3 is 17.6 Å². The summed E-state index contributed by atoms with van der Waals surface area (Å²) in [6, 6.07) is 13.5. The minimum Gasteiger partial charge on any atom is -0.465 e. The van der Waals surface area contributed by atoms with Gasteiger partial charge in [-0.25, -0.2) is 19.6 Å². The van der Waals surface area contributed by atoms with Crippen molar-refractivity contribution in [2.75, 3.05) is 31.5 Å². The smallest absolute Gasteiger partial charge is 0.353 e. The maximum Gasteiger partial charge on any atom is 0.353 e. The Morgan fingerprint density at radius 1 is 1.03 bits per heavy atom. The van der Waals surface area contributed by atoms with E-state index in [2.05, 4.69) is 15.3 Å². The van der Waals surface area contributed by atoms with Crippen LogP contribution in [0.4, 0.5) is 23.0 Å². The molecule has 33 heavy (non-hydrogen) atoms. The largest absolute Gasteiger partial charge is 0.465 e. The fourth-order valence-electron chi connectivity index (χ4n) is 3.15. The monoisotopic (exact) mass is 451 g/mol. The van der Waals surface area contributed by atoms with E-state index in [0.717, 1.165) is 5.56 Å². The van der Waals surface area contributed by atoms with Crippen LogP contribution in [0.1, 0.15) is 26.3 Å². The highest BCUT2D eigenvalue weighted by Crippen LogP contribution is 2.34. The van der Waals surface area contributed by atoms with Crippen molar-refractivity contribution in [1.29, 1.82) is 0 Å². The first-order valence-electron chi connectivity index (χ1n) is 9.67. The van der Waals surface area contributed by atoms with Gasteiger partial charge in [0.05, 0.1) is 30.3 Å². The second-order valence-corrected chi connectivity index (χ2v) is 6.90. The number of anilines is 3. The van der Waals surface area contributed by atoms with E-state index in [0.29, 0.717) is 6.54 Å². The van der Waals surface area contributed by atoms with E-state index in [1.54, 1.807) is 11.9 Å². The number of esters is 2. The highest BCUT2D eigenvalue weighted by molar-refractivity contribution is 5.97. The Balaban J connectivity index is 2.02. The number of carbonyl (C=O) groups excluding carboxylic acids is 2. The van der Waals surface area contributed by atoms with Gasteiger partial charge in [-0.2, -0.15) is 0 Å². The Labute approximate surface area is 189 Å². The minimum absolute atomic E-state index is 0.0565. The van der Waals surface area contributed by atoms with Crippen LogP contribution >= 0.6 is 0 Å².